The van der Waals surface area contributed by atoms with Gasteiger partial charge in [0.15, 0.2) is 6.67 Å². The normalized spacial score (nSPS) is 22.7. The Morgan fingerprint density at radius 1 is 1.11 bits per heavy atom. The number of nitrogens with one attached hydrogen (secondary N) is 1. The summed E-state index contributed by atoms with van der Waals surface area (Å²) in [5.41, 5.74) is 0.986. The molecule has 146 valence electrons. The lowest BCUT2D eigenvalue weighted by Gasteiger charge is -2.26. The Kier molecular flexibility index (Phi) is 5.65. The van der Waals surface area contributed by atoms with Crippen LogP contribution in [0.25, 0.3) is 0 Å². The molecule has 1 unspecified atom stereocenters. The molecule has 8 heteroatoms. The van der Waals surface area contributed by atoms with Crippen molar-refractivity contribution >= 4 is 17.8 Å². The minimum absolute atomic E-state index is 0.0611. The molecule has 2 atom stereocenters. The Morgan fingerprint density at radius 3 is 2.52 bits per heavy atom. The molecule has 2 saturated heterocycles. The van der Waals surface area contributed by atoms with Crippen LogP contribution in [0.15, 0.2) is 18.2 Å². The van der Waals surface area contributed by atoms with Crippen LogP contribution in [-0.2, 0) is 9.59 Å². The number of urea groups is 1. The molecule has 0 spiro atoms. The Balaban J connectivity index is 1.83. The van der Waals surface area contributed by atoms with Gasteiger partial charge >= 0.3 is 17.8 Å². The Bertz CT molecular complexity index is 751. The van der Waals surface area contributed by atoms with E-state index in [0.29, 0.717) is 6.42 Å². The second kappa shape index (κ2) is 7.96. The lowest BCUT2D eigenvalue weighted by molar-refractivity contribution is -0.925. The molecule has 8 nitrogen and oxygen atoms in total. The number of methoxy groups -OCH3 is 2. The van der Waals surface area contributed by atoms with Gasteiger partial charge in [0, 0.05) is 19.4 Å². The summed E-state index contributed by atoms with van der Waals surface area (Å²) in [5, 5.41) is 0. The van der Waals surface area contributed by atoms with Gasteiger partial charge in [0.1, 0.15) is 17.5 Å². The topological polar surface area (TPSA) is 80.6 Å². The smallest absolute Gasteiger partial charge is 0.338 e. The van der Waals surface area contributed by atoms with E-state index >= 15 is 0 Å². The second-order valence-corrected chi connectivity index (χ2v) is 6.84. The van der Waals surface area contributed by atoms with Crippen LogP contribution in [0.1, 0.15) is 37.8 Å². The van der Waals surface area contributed by atoms with Gasteiger partial charge in [-0.15, -0.1) is 0 Å². The molecule has 0 saturated carbocycles. The van der Waals surface area contributed by atoms with E-state index in [2.05, 4.69) is 0 Å². The van der Waals surface area contributed by atoms with Crippen LogP contribution in [0.4, 0.5) is 4.79 Å². The van der Waals surface area contributed by atoms with Gasteiger partial charge < -0.3 is 14.4 Å². The predicted octanol–water partition coefficient (Wildman–Crippen LogP) is 0.582. The highest BCUT2D eigenvalue weighted by atomic mass is 16.5. The number of amides is 4. The van der Waals surface area contributed by atoms with Crippen molar-refractivity contribution in [2.24, 2.45) is 0 Å². The SMILES string of the molecule is CCCN1C(=O)C(=O)N(C[NH+]2CCC[C@@H]2c2cc(OC)ccc2OC)C1=O. The van der Waals surface area contributed by atoms with E-state index in [-0.39, 0.29) is 19.3 Å². The van der Waals surface area contributed by atoms with Crippen LogP contribution in [0.3, 0.4) is 0 Å². The van der Waals surface area contributed by atoms with Crippen molar-refractivity contribution < 1.29 is 28.8 Å². The number of imide groups is 2. The maximum atomic E-state index is 12.5. The van der Waals surface area contributed by atoms with Crippen LogP contribution in [0, 0.1) is 0 Å². The molecule has 1 aromatic carbocycles. The predicted molar refractivity (Wildman–Crippen MR) is 96.5 cm³/mol. The molecule has 0 radical (unpaired) electrons. The third kappa shape index (κ3) is 3.49. The standard InChI is InChI=1S/C19H25N3O5/c1-4-9-21-17(23)18(24)22(19(21)25)12-20-10-5-6-15(20)14-11-13(26-2)7-8-16(14)27-3/h7-8,11,15H,4-6,9-10,12H2,1-3H3/p+1/t15-/m1/s1. The summed E-state index contributed by atoms with van der Waals surface area (Å²) in [6.07, 6.45) is 2.49. The summed E-state index contributed by atoms with van der Waals surface area (Å²) in [7, 11) is 3.23. The molecule has 1 N–H and O–H groups in total. The van der Waals surface area contributed by atoms with Crippen molar-refractivity contribution in [3.63, 3.8) is 0 Å². The number of rotatable bonds is 7. The number of ether oxygens (including phenoxy) is 2. The third-order valence-corrected chi connectivity index (χ3v) is 5.24. The van der Waals surface area contributed by atoms with Crippen LogP contribution in [-0.4, -0.2) is 61.6 Å². The van der Waals surface area contributed by atoms with Gasteiger partial charge in [0.05, 0.1) is 26.3 Å². The average Bonchev–Trinajstić information content (AvgIpc) is 3.22. The van der Waals surface area contributed by atoms with Gasteiger partial charge in [-0.1, -0.05) is 6.92 Å². The summed E-state index contributed by atoms with van der Waals surface area (Å²) < 4.78 is 10.8. The highest BCUT2D eigenvalue weighted by molar-refractivity contribution is 6.44. The van der Waals surface area contributed by atoms with E-state index in [9.17, 15) is 14.4 Å². The maximum absolute atomic E-state index is 12.5. The number of carbonyl (C=O) groups is 3. The molecule has 2 heterocycles. The Labute approximate surface area is 158 Å². The van der Waals surface area contributed by atoms with Gasteiger partial charge in [-0.25, -0.2) is 9.69 Å². The molecule has 4 amide bonds. The molecule has 27 heavy (non-hydrogen) atoms. The van der Waals surface area contributed by atoms with Gasteiger partial charge in [0.2, 0.25) is 0 Å². The number of benzene rings is 1. The van der Waals surface area contributed by atoms with E-state index < -0.39 is 17.8 Å². The molecule has 2 aliphatic heterocycles. The zero-order valence-electron chi connectivity index (χ0n) is 16.0. The Hall–Kier alpha value is -2.61. The number of quaternary nitrogens is 1. The van der Waals surface area contributed by atoms with Crippen molar-refractivity contribution in [3.8, 4) is 11.5 Å². The summed E-state index contributed by atoms with van der Waals surface area (Å²) >= 11 is 0. The minimum Gasteiger partial charge on any atom is -0.497 e. The monoisotopic (exact) mass is 376 g/mol. The zero-order valence-corrected chi connectivity index (χ0v) is 16.0. The number of carbonyl (C=O) groups excluding carboxylic acids is 3. The fourth-order valence-electron chi connectivity index (χ4n) is 3.90. The summed E-state index contributed by atoms with van der Waals surface area (Å²) in [6.45, 7) is 3.12. The third-order valence-electron chi connectivity index (χ3n) is 5.24. The first kappa shape index (κ1) is 19.2. The average molecular weight is 376 g/mol. The van der Waals surface area contributed by atoms with Gasteiger partial charge in [-0.2, -0.15) is 0 Å². The van der Waals surface area contributed by atoms with Crippen LogP contribution >= 0.6 is 0 Å². The first-order chi connectivity index (χ1) is 13.0. The highest BCUT2D eigenvalue weighted by Gasteiger charge is 2.47. The Morgan fingerprint density at radius 2 is 1.85 bits per heavy atom. The van der Waals surface area contributed by atoms with Crippen molar-refractivity contribution in [1.82, 2.24) is 9.80 Å². The van der Waals surface area contributed by atoms with Gasteiger partial charge in [-0.3, -0.25) is 14.5 Å². The van der Waals surface area contributed by atoms with E-state index in [1.165, 1.54) is 0 Å². The molecule has 2 fully saturated rings. The minimum atomic E-state index is -0.732. The summed E-state index contributed by atoms with van der Waals surface area (Å²) in [6, 6.07) is 5.19. The van der Waals surface area contributed by atoms with Crippen LogP contribution < -0.4 is 14.4 Å². The number of likely N-dealkylation sites (tertiary alicyclic amines) is 1. The number of hydrogen-bond donors (Lipinski definition) is 1. The zero-order chi connectivity index (χ0) is 19.6. The van der Waals surface area contributed by atoms with Crippen molar-refractivity contribution in [2.75, 3.05) is 34.0 Å². The maximum Gasteiger partial charge on any atom is 0.338 e. The van der Waals surface area contributed by atoms with Crippen LogP contribution in [0.2, 0.25) is 0 Å². The molecule has 0 aromatic heterocycles. The molecule has 0 bridgehead atoms. The van der Waals surface area contributed by atoms with Crippen molar-refractivity contribution in [1.29, 1.82) is 0 Å². The first-order valence-electron chi connectivity index (χ1n) is 9.25. The van der Waals surface area contributed by atoms with E-state index in [1.807, 2.05) is 25.1 Å². The molecular formula is C19H26N3O5+. The van der Waals surface area contributed by atoms with Crippen molar-refractivity contribution in [2.45, 2.75) is 32.2 Å². The summed E-state index contributed by atoms with van der Waals surface area (Å²) in [5.74, 6) is 0.0257. The molecular weight excluding hydrogens is 350 g/mol. The van der Waals surface area contributed by atoms with E-state index in [0.717, 1.165) is 51.1 Å². The van der Waals surface area contributed by atoms with Gasteiger partial charge in [-0.05, 0) is 24.6 Å². The number of nitrogens with zero attached hydrogens (tertiary/aromatic N) is 2. The largest absolute Gasteiger partial charge is 0.497 e. The first-order valence-corrected chi connectivity index (χ1v) is 9.25. The van der Waals surface area contributed by atoms with Gasteiger partial charge in [0.25, 0.3) is 0 Å². The van der Waals surface area contributed by atoms with Crippen molar-refractivity contribution in [3.05, 3.63) is 23.8 Å². The fourth-order valence-corrected chi connectivity index (χ4v) is 3.90. The second-order valence-electron chi connectivity index (χ2n) is 6.84. The quantitative estimate of drug-likeness (QED) is 0.556. The van der Waals surface area contributed by atoms with Crippen LogP contribution in [0.5, 0.6) is 11.5 Å². The van der Waals surface area contributed by atoms with E-state index in [4.69, 9.17) is 9.47 Å². The fraction of sp³-hybridized carbons (Fsp3) is 0.526. The lowest BCUT2D eigenvalue weighted by Crippen LogP contribution is -3.12. The molecule has 1 aromatic rings. The number of hydrogen-bond acceptors (Lipinski definition) is 5. The van der Waals surface area contributed by atoms with E-state index in [1.54, 1.807) is 14.2 Å². The molecule has 3 rings (SSSR count). The molecule has 2 aliphatic rings. The molecule has 0 aliphatic carbocycles. The highest BCUT2D eigenvalue weighted by Crippen LogP contribution is 2.31. The lowest BCUT2D eigenvalue weighted by atomic mass is 10.0. The summed E-state index contributed by atoms with van der Waals surface area (Å²) in [4.78, 5) is 40.1.